The van der Waals surface area contributed by atoms with E-state index in [1.165, 1.54) is 19.4 Å². The zero-order chi connectivity index (χ0) is 21.8. The predicted octanol–water partition coefficient (Wildman–Crippen LogP) is -2.40. The third kappa shape index (κ3) is 9.17. The van der Waals surface area contributed by atoms with Crippen LogP contribution in [0.1, 0.15) is 31.9 Å². The Balaban J connectivity index is 2.66. The van der Waals surface area contributed by atoms with Gasteiger partial charge in [0.25, 0.3) is 0 Å². The molecule has 1 heterocycles. The summed E-state index contributed by atoms with van der Waals surface area (Å²) in [6.07, 6.45) is 4.91. The van der Waals surface area contributed by atoms with Crippen LogP contribution in [0.5, 0.6) is 0 Å². The zero-order valence-electron chi connectivity index (χ0n) is 16.3. The van der Waals surface area contributed by atoms with Gasteiger partial charge in [-0.1, -0.05) is 6.42 Å². The quantitative estimate of drug-likeness (QED) is 0.174. The average molecular weight is 411 g/mol. The number of hydrogen-bond donors (Lipinski definition) is 7. The lowest BCUT2D eigenvalue weighted by Crippen LogP contribution is -2.54. The Hall–Kier alpha value is -2.99. The van der Waals surface area contributed by atoms with Crippen LogP contribution < -0.4 is 27.4 Å². The fourth-order valence-corrected chi connectivity index (χ4v) is 2.39. The van der Waals surface area contributed by atoms with Crippen LogP contribution in [0.3, 0.4) is 0 Å². The molecule has 0 bridgehead atoms. The number of carboxylic acid groups (broad SMARTS) is 1. The van der Waals surface area contributed by atoms with E-state index in [-0.39, 0.29) is 6.42 Å². The summed E-state index contributed by atoms with van der Waals surface area (Å²) < 4.78 is 0. The highest BCUT2D eigenvalue weighted by Crippen LogP contribution is 2.02. The maximum atomic E-state index is 12.5. The number of aromatic amines is 1. The first-order valence-corrected chi connectivity index (χ1v) is 9.27. The van der Waals surface area contributed by atoms with Crippen LogP contribution in [-0.4, -0.2) is 70.0 Å². The number of nitrogens with one attached hydrogen (secondary N) is 4. The highest BCUT2D eigenvalue weighted by atomic mass is 16.4. The third-order valence-corrected chi connectivity index (χ3v) is 4.09. The lowest BCUT2D eigenvalue weighted by atomic mass is 10.1. The Morgan fingerprint density at radius 1 is 1.21 bits per heavy atom. The second kappa shape index (κ2) is 12.5. The van der Waals surface area contributed by atoms with Crippen LogP contribution in [0.25, 0.3) is 0 Å². The molecule has 29 heavy (non-hydrogen) atoms. The van der Waals surface area contributed by atoms with E-state index in [2.05, 4.69) is 25.9 Å². The van der Waals surface area contributed by atoms with Crippen molar-refractivity contribution in [1.29, 1.82) is 0 Å². The van der Waals surface area contributed by atoms with E-state index < -0.39 is 48.4 Å². The lowest BCUT2D eigenvalue weighted by Gasteiger charge is -2.20. The Kier molecular flexibility index (Phi) is 10.3. The highest BCUT2D eigenvalue weighted by molar-refractivity contribution is 5.92. The van der Waals surface area contributed by atoms with E-state index in [0.29, 0.717) is 25.1 Å². The predicted molar refractivity (Wildman–Crippen MR) is 103 cm³/mol. The molecular formula is C17H29N7O5. The SMILES string of the molecule is CC(NC(=O)CNC(=O)C(Cc1cnc[nH]1)NC(=O)C(N)CCCCN)C(=O)O. The maximum Gasteiger partial charge on any atom is 0.325 e. The van der Waals surface area contributed by atoms with E-state index in [1.807, 2.05) is 0 Å². The number of hydrogen-bond acceptors (Lipinski definition) is 7. The van der Waals surface area contributed by atoms with Crippen molar-refractivity contribution in [3.05, 3.63) is 18.2 Å². The number of carbonyl (C=O) groups excluding carboxylic acids is 3. The van der Waals surface area contributed by atoms with Crippen molar-refractivity contribution >= 4 is 23.7 Å². The Morgan fingerprint density at radius 3 is 2.52 bits per heavy atom. The molecule has 12 nitrogen and oxygen atoms in total. The summed E-state index contributed by atoms with van der Waals surface area (Å²) in [4.78, 5) is 54.0. The highest BCUT2D eigenvalue weighted by Gasteiger charge is 2.25. The van der Waals surface area contributed by atoms with Crippen LogP contribution in [0, 0.1) is 0 Å². The first-order chi connectivity index (χ1) is 13.7. The fraction of sp³-hybridized carbons (Fsp3) is 0.588. The van der Waals surface area contributed by atoms with Gasteiger partial charge in [-0.15, -0.1) is 0 Å². The van der Waals surface area contributed by atoms with Crippen molar-refractivity contribution in [1.82, 2.24) is 25.9 Å². The molecule has 0 spiro atoms. The largest absolute Gasteiger partial charge is 0.480 e. The third-order valence-electron chi connectivity index (χ3n) is 4.09. The van der Waals surface area contributed by atoms with Crippen LogP contribution in [-0.2, 0) is 25.6 Å². The van der Waals surface area contributed by atoms with Crippen molar-refractivity contribution < 1.29 is 24.3 Å². The summed E-state index contributed by atoms with van der Waals surface area (Å²) in [5.74, 6) is -2.97. The molecule has 1 aromatic heterocycles. The van der Waals surface area contributed by atoms with E-state index in [0.717, 1.165) is 6.42 Å². The second-order valence-corrected chi connectivity index (χ2v) is 6.58. The van der Waals surface area contributed by atoms with Gasteiger partial charge in [-0.2, -0.15) is 0 Å². The summed E-state index contributed by atoms with van der Waals surface area (Å²) in [6, 6.07) is -2.88. The molecule has 0 saturated heterocycles. The number of nitrogens with two attached hydrogens (primary N) is 2. The molecule has 0 radical (unpaired) electrons. The first kappa shape index (κ1) is 24.0. The molecule has 0 fully saturated rings. The fourth-order valence-electron chi connectivity index (χ4n) is 2.39. The lowest BCUT2D eigenvalue weighted by molar-refractivity contribution is -0.141. The number of nitrogens with zero attached hydrogens (tertiary/aromatic N) is 1. The number of unbranched alkanes of at least 4 members (excludes halogenated alkanes) is 1. The van der Waals surface area contributed by atoms with Crippen LogP contribution in [0.4, 0.5) is 0 Å². The van der Waals surface area contributed by atoms with Gasteiger partial charge in [0, 0.05) is 18.3 Å². The Morgan fingerprint density at radius 2 is 1.93 bits per heavy atom. The molecule has 0 saturated carbocycles. The van der Waals surface area contributed by atoms with Gasteiger partial charge in [0.05, 0.1) is 18.9 Å². The minimum absolute atomic E-state index is 0.111. The summed E-state index contributed by atoms with van der Waals surface area (Å²) >= 11 is 0. The number of rotatable bonds is 13. The molecule has 1 rings (SSSR count). The van der Waals surface area contributed by atoms with Crippen molar-refractivity contribution in [2.45, 2.75) is 50.7 Å². The summed E-state index contributed by atoms with van der Waals surface area (Å²) in [5, 5.41) is 16.0. The van der Waals surface area contributed by atoms with Gasteiger partial charge in [0.15, 0.2) is 0 Å². The molecule has 3 atom stereocenters. The molecule has 0 aromatic carbocycles. The number of H-pyrrole nitrogens is 1. The Labute approximate surface area is 168 Å². The monoisotopic (exact) mass is 411 g/mol. The molecule has 3 amide bonds. The van der Waals surface area contributed by atoms with Gasteiger partial charge in [-0.25, -0.2) is 4.98 Å². The number of aromatic nitrogens is 2. The molecular weight excluding hydrogens is 382 g/mol. The number of imidazole rings is 1. The topological polar surface area (TPSA) is 205 Å². The van der Waals surface area contributed by atoms with Gasteiger partial charge in [0.1, 0.15) is 12.1 Å². The summed E-state index contributed by atoms with van der Waals surface area (Å²) in [5.41, 5.74) is 11.9. The van der Waals surface area contributed by atoms with Crippen molar-refractivity contribution in [3.63, 3.8) is 0 Å². The minimum Gasteiger partial charge on any atom is -0.480 e. The van der Waals surface area contributed by atoms with Crippen LogP contribution in [0.2, 0.25) is 0 Å². The van der Waals surface area contributed by atoms with Crippen molar-refractivity contribution in [2.24, 2.45) is 11.5 Å². The van der Waals surface area contributed by atoms with Gasteiger partial charge in [0.2, 0.25) is 17.7 Å². The zero-order valence-corrected chi connectivity index (χ0v) is 16.3. The number of carbonyl (C=O) groups is 4. The molecule has 0 aliphatic carbocycles. The standard InChI is InChI=1S/C17H29N7O5/c1-10(17(28)29)23-14(25)8-21-16(27)13(6-11-7-20-9-22-11)24-15(26)12(19)4-2-3-5-18/h7,9-10,12-13H,2-6,8,18-19H2,1H3,(H,20,22)(H,21,27)(H,23,25)(H,24,26)(H,28,29). The normalized spacial score (nSPS) is 13.8. The van der Waals surface area contributed by atoms with E-state index in [4.69, 9.17) is 16.6 Å². The van der Waals surface area contributed by atoms with E-state index in [9.17, 15) is 19.2 Å². The molecule has 0 aliphatic rings. The van der Waals surface area contributed by atoms with Crippen LogP contribution >= 0.6 is 0 Å². The molecule has 3 unspecified atom stereocenters. The van der Waals surface area contributed by atoms with Crippen molar-refractivity contribution in [3.8, 4) is 0 Å². The van der Waals surface area contributed by atoms with Gasteiger partial charge >= 0.3 is 5.97 Å². The molecule has 1 aromatic rings. The number of aliphatic carboxylic acids is 1. The Bertz CT molecular complexity index is 680. The second-order valence-electron chi connectivity index (χ2n) is 6.58. The molecule has 12 heteroatoms. The molecule has 9 N–H and O–H groups in total. The van der Waals surface area contributed by atoms with Gasteiger partial charge < -0.3 is 37.5 Å². The van der Waals surface area contributed by atoms with E-state index in [1.54, 1.807) is 0 Å². The first-order valence-electron chi connectivity index (χ1n) is 9.27. The van der Waals surface area contributed by atoms with Gasteiger partial charge in [-0.3, -0.25) is 19.2 Å². The summed E-state index contributed by atoms with van der Waals surface area (Å²) in [7, 11) is 0. The number of carboxylic acids is 1. The number of amides is 3. The smallest absolute Gasteiger partial charge is 0.325 e. The van der Waals surface area contributed by atoms with Crippen LogP contribution in [0.15, 0.2) is 12.5 Å². The minimum atomic E-state index is -1.20. The average Bonchev–Trinajstić information content (AvgIpc) is 3.18. The molecule has 162 valence electrons. The van der Waals surface area contributed by atoms with Crippen molar-refractivity contribution in [2.75, 3.05) is 13.1 Å². The molecule has 0 aliphatic heterocycles. The summed E-state index contributed by atoms with van der Waals surface area (Å²) in [6.45, 7) is 1.37. The van der Waals surface area contributed by atoms with E-state index >= 15 is 0 Å². The maximum absolute atomic E-state index is 12.5. The van der Waals surface area contributed by atoms with Gasteiger partial charge in [-0.05, 0) is 26.3 Å².